The number of rotatable bonds is 8. The van der Waals surface area contributed by atoms with Gasteiger partial charge >= 0.3 is 0 Å². The molecule has 2 aromatic rings. The molecule has 0 aliphatic carbocycles. The first-order valence-corrected chi connectivity index (χ1v) is 9.47. The van der Waals surface area contributed by atoms with E-state index in [1.54, 1.807) is 17.0 Å². The molecule has 2 rings (SSSR count). The van der Waals surface area contributed by atoms with Gasteiger partial charge in [-0.1, -0.05) is 44.2 Å². The number of aromatic nitrogens is 1. The molecule has 0 saturated carbocycles. The van der Waals surface area contributed by atoms with Crippen LogP contribution in [0.25, 0.3) is 0 Å². The first kappa shape index (κ1) is 20.6. The molecule has 0 fully saturated rings. The van der Waals surface area contributed by atoms with Gasteiger partial charge in [0.15, 0.2) is 0 Å². The Labute approximate surface area is 161 Å². The molecule has 0 radical (unpaired) electrons. The zero-order valence-corrected chi connectivity index (χ0v) is 16.6. The average Bonchev–Trinajstić information content (AvgIpc) is 2.66. The summed E-state index contributed by atoms with van der Waals surface area (Å²) in [6.45, 7) is 9.30. The maximum Gasteiger partial charge on any atom is 0.272 e. The number of hydrogen-bond acceptors (Lipinski definition) is 3. The van der Waals surface area contributed by atoms with Gasteiger partial charge in [-0.15, -0.1) is 0 Å². The number of hydrogen-bond donors (Lipinski definition) is 1. The fourth-order valence-corrected chi connectivity index (χ4v) is 2.68. The van der Waals surface area contributed by atoms with Crippen LogP contribution in [0.1, 0.15) is 60.5 Å². The third-order valence-corrected chi connectivity index (χ3v) is 4.33. The van der Waals surface area contributed by atoms with Crippen LogP contribution in [0.4, 0.5) is 0 Å². The van der Waals surface area contributed by atoms with Crippen LogP contribution < -0.4 is 5.32 Å². The van der Waals surface area contributed by atoms with E-state index in [-0.39, 0.29) is 23.6 Å². The smallest absolute Gasteiger partial charge is 0.272 e. The molecule has 0 bridgehead atoms. The monoisotopic (exact) mass is 367 g/mol. The summed E-state index contributed by atoms with van der Waals surface area (Å²) in [5, 5.41) is 2.90. The van der Waals surface area contributed by atoms with Gasteiger partial charge in [-0.25, -0.2) is 0 Å². The van der Waals surface area contributed by atoms with Gasteiger partial charge in [-0.3, -0.25) is 14.6 Å². The summed E-state index contributed by atoms with van der Waals surface area (Å²) in [6.07, 6.45) is 2.44. The highest BCUT2D eigenvalue weighted by molar-refractivity contribution is 5.98. The predicted octanol–water partition coefficient (Wildman–Crippen LogP) is 3.91. The maximum atomic E-state index is 13.0. The lowest BCUT2D eigenvalue weighted by molar-refractivity contribution is 0.0684. The molecule has 1 aromatic carbocycles. The lowest BCUT2D eigenvalue weighted by Gasteiger charge is -2.26. The van der Waals surface area contributed by atoms with Crippen molar-refractivity contribution in [3.63, 3.8) is 0 Å². The van der Waals surface area contributed by atoms with Crippen LogP contribution in [0, 0.1) is 5.92 Å². The van der Waals surface area contributed by atoms with E-state index in [0.29, 0.717) is 24.6 Å². The molecule has 5 nitrogen and oxygen atoms in total. The van der Waals surface area contributed by atoms with E-state index >= 15 is 0 Å². The lowest BCUT2D eigenvalue weighted by atomic mass is 10.1. The highest BCUT2D eigenvalue weighted by Crippen LogP contribution is 2.13. The van der Waals surface area contributed by atoms with Crippen molar-refractivity contribution in [1.29, 1.82) is 0 Å². The van der Waals surface area contributed by atoms with E-state index in [2.05, 4.69) is 24.1 Å². The Kier molecular flexibility index (Phi) is 7.53. The molecule has 0 saturated heterocycles. The van der Waals surface area contributed by atoms with Crippen LogP contribution in [0.2, 0.25) is 0 Å². The Morgan fingerprint density at radius 3 is 2.41 bits per heavy atom. The Morgan fingerprint density at radius 2 is 1.78 bits per heavy atom. The van der Waals surface area contributed by atoms with Gasteiger partial charge in [0, 0.05) is 30.9 Å². The molecule has 0 spiro atoms. The van der Waals surface area contributed by atoms with E-state index < -0.39 is 0 Å². The lowest BCUT2D eigenvalue weighted by Crippen LogP contribution is -2.37. The Bertz CT molecular complexity index is 757. The van der Waals surface area contributed by atoms with Gasteiger partial charge in [-0.05, 0) is 43.9 Å². The molecule has 2 amide bonds. The van der Waals surface area contributed by atoms with Crippen molar-refractivity contribution in [2.45, 2.75) is 46.7 Å². The van der Waals surface area contributed by atoms with Crippen LogP contribution in [0.3, 0.4) is 0 Å². The summed E-state index contributed by atoms with van der Waals surface area (Å²) in [7, 11) is 0. The molecule has 1 aromatic heterocycles. The number of amides is 2. The van der Waals surface area contributed by atoms with Gasteiger partial charge in [0.1, 0.15) is 5.69 Å². The molecule has 0 unspecified atom stereocenters. The summed E-state index contributed by atoms with van der Waals surface area (Å²) >= 11 is 0. The number of benzene rings is 1. The normalized spacial score (nSPS) is 10.9. The first-order valence-electron chi connectivity index (χ1n) is 9.47. The Morgan fingerprint density at radius 1 is 1.07 bits per heavy atom. The van der Waals surface area contributed by atoms with Gasteiger partial charge in [0.05, 0.1) is 0 Å². The predicted molar refractivity (Wildman–Crippen MR) is 107 cm³/mol. The summed E-state index contributed by atoms with van der Waals surface area (Å²) < 4.78 is 0. The van der Waals surface area contributed by atoms with Crippen LogP contribution >= 0.6 is 0 Å². The second-order valence-corrected chi connectivity index (χ2v) is 7.38. The van der Waals surface area contributed by atoms with E-state index in [1.807, 2.05) is 44.2 Å². The second-order valence-electron chi connectivity index (χ2n) is 7.38. The number of carbonyl (C=O) groups is 2. The maximum absolute atomic E-state index is 13.0. The highest BCUT2D eigenvalue weighted by Gasteiger charge is 2.21. The van der Waals surface area contributed by atoms with Crippen LogP contribution in [-0.2, 0) is 6.54 Å². The third-order valence-electron chi connectivity index (χ3n) is 4.33. The molecular formula is C22H29N3O2. The Hall–Kier alpha value is -2.69. The number of nitrogens with one attached hydrogen (secondary N) is 1. The first-order chi connectivity index (χ1) is 12.9. The van der Waals surface area contributed by atoms with Crippen molar-refractivity contribution in [1.82, 2.24) is 15.2 Å². The third kappa shape index (κ3) is 6.20. The SMILES string of the molecule is CC(C)CCNC(=O)c1ccnc(C(=O)N(Cc2ccccc2)C(C)C)c1. The fourth-order valence-electron chi connectivity index (χ4n) is 2.68. The van der Waals surface area contributed by atoms with Crippen molar-refractivity contribution in [3.8, 4) is 0 Å². The number of nitrogens with zero attached hydrogens (tertiary/aromatic N) is 2. The largest absolute Gasteiger partial charge is 0.352 e. The zero-order valence-electron chi connectivity index (χ0n) is 16.6. The summed E-state index contributed by atoms with van der Waals surface area (Å²) in [5.41, 5.74) is 1.80. The van der Waals surface area contributed by atoms with E-state index in [1.165, 1.54) is 6.20 Å². The molecule has 0 aliphatic heterocycles. The van der Waals surface area contributed by atoms with Crippen molar-refractivity contribution >= 4 is 11.8 Å². The van der Waals surface area contributed by atoms with Gasteiger partial charge in [0.2, 0.25) is 0 Å². The molecule has 1 heterocycles. The van der Waals surface area contributed by atoms with Gasteiger partial charge in [-0.2, -0.15) is 0 Å². The minimum Gasteiger partial charge on any atom is -0.352 e. The molecule has 144 valence electrons. The summed E-state index contributed by atoms with van der Waals surface area (Å²) in [5.74, 6) is 0.175. The zero-order chi connectivity index (χ0) is 19.8. The molecule has 0 aliphatic rings. The standard InChI is InChI=1S/C22H29N3O2/c1-16(2)10-12-24-21(26)19-11-13-23-20(14-19)22(27)25(17(3)4)15-18-8-6-5-7-9-18/h5-9,11,13-14,16-17H,10,12,15H2,1-4H3,(H,24,26). The summed E-state index contributed by atoms with van der Waals surface area (Å²) in [4.78, 5) is 31.3. The number of carbonyl (C=O) groups excluding carboxylic acids is 2. The van der Waals surface area contributed by atoms with Crippen molar-refractivity contribution < 1.29 is 9.59 Å². The number of pyridine rings is 1. The Balaban J connectivity index is 2.13. The van der Waals surface area contributed by atoms with Crippen LogP contribution in [0.15, 0.2) is 48.7 Å². The minimum atomic E-state index is -0.175. The quantitative estimate of drug-likeness (QED) is 0.769. The molecule has 1 N–H and O–H groups in total. The highest BCUT2D eigenvalue weighted by atomic mass is 16.2. The molecule has 5 heteroatoms. The summed E-state index contributed by atoms with van der Waals surface area (Å²) in [6, 6.07) is 13.1. The van der Waals surface area contributed by atoms with E-state index in [4.69, 9.17) is 0 Å². The molecule has 0 atom stereocenters. The van der Waals surface area contributed by atoms with Crippen LogP contribution in [-0.4, -0.2) is 34.3 Å². The van der Waals surface area contributed by atoms with E-state index in [9.17, 15) is 9.59 Å². The van der Waals surface area contributed by atoms with Crippen molar-refractivity contribution in [3.05, 3.63) is 65.5 Å². The topological polar surface area (TPSA) is 62.3 Å². The van der Waals surface area contributed by atoms with Crippen LogP contribution in [0.5, 0.6) is 0 Å². The van der Waals surface area contributed by atoms with E-state index in [0.717, 1.165) is 12.0 Å². The molecule has 27 heavy (non-hydrogen) atoms. The van der Waals surface area contributed by atoms with Crippen molar-refractivity contribution in [2.75, 3.05) is 6.54 Å². The van der Waals surface area contributed by atoms with Gasteiger partial charge in [0.25, 0.3) is 11.8 Å². The molecular weight excluding hydrogens is 338 g/mol. The average molecular weight is 367 g/mol. The fraction of sp³-hybridized carbons (Fsp3) is 0.409. The van der Waals surface area contributed by atoms with Gasteiger partial charge < -0.3 is 10.2 Å². The minimum absolute atomic E-state index is 0.0167. The van der Waals surface area contributed by atoms with Crippen molar-refractivity contribution in [2.24, 2.45) is 5.92 Å². The second kappa shape index (κ2) is 9.86.